The molecular weight excluding hydrogens is 408 g/mol. The van der Waals surface area contributed by atoms with E-state index in [-0.39, 0.29) is 10.7 Å². The lowest BCUT2D eigenvalue weighted by Gasteiger charge is -2.11. The SMILES string of the molecule is Cc1cccc(-c2cc(Cl)cc3nc(NS(=O)(=O)c4ccc(N)cc4)cnc23)c1. The number of nitrogens with zero attached hydrogens (tertiary/aromatic N) is 2. The van der Waals surface area contributed by atoms with Gasteiger partial charge >= 0.3 is 0 Å². The Kier molecular flexibility index (Phi) is 4.86. The average molecular weight is 425 g/mol. The van der Waals surface area contributed by atoms with Crippen molar-refractivity contribution in [1.82, 2.24) is 9.97 Å². The second-order valence-corrected chi connectivity index (χ2v) is 8.74. The highest BCUT2D eigenvalue weighted by Crippen LogP contribution is 2.31. The standard InChI is InChI=1S/C21H17ClN4O2S/c1-13-3-2-4-14(9-13)18-10-15(22)11-19-21(18)24-12-20(25-19)26-29(27,28)17-7-5-16(23)6-8-17/h2-12H,23H2,1H3,(H,25,26). The van der Waals surface area contributed by atoms with Crippen LogP contribution in [0, 0.1) is 6.92 Å². The van der Waals surface area contributed by atoms with Crippen LogP contribution in [0.1, 0.15) is 5.56 Å². The Morgan fingerprint density at radius 2 is 1.79 bits per heavy atom. The first-order valence-corrected chi connectivity index (χ1v) is 10.6. The van der Waals surface area contributed by atoms with Gasteiger partial charge in [-0.25, -0.2) is 13.4 Å². The average Bonchev–Trinajstić information content (AvgIpc) is 2.67. The summed E-state index contributed by atoms with van der Waals surface area (Å²) >= 11 is 6.29. The maximum atomic E-state index is 12.6. The number of nitrogen functional groups attached to an aromatic ring is 1. The van der Waals surface area contributed by atoms with Crippen LogP contribution in [0.25, 0.3) is 22.2 Å². The Balaban J connectivity index is 1.76. The van der Waals surface area contributed by atoms with Crippen LogP contribution in [0.4, 0.5) is 11.5 Å². The molecule has 4 rings (SSSR count). The molecule has 0 aliphatic carbocycles. The number of sulfonamides is 1. The molecule has 29 heavy (non-hydrogen) atoms. The molecule has 1 aromatic heterocycles. The van der Waals surface area contributed by atoms with Crippen LogP contribution in [-0.4, -0.2) is 18.4 Å². The zero-order valence-electron chi connectivity index (χ0n) is 15.4. The summed E-state index contributed by atoms with van der Waals surface area (Å²) in [6.45, 7) is 2.01. The summed E-state index contributed by atoms with van der Waals surface area (Å²) in [6.07, 6.45) is 1.39. The van der Waals surface area contributed by atoms with Gasteiger partial charge in [0.05, 0.1) is 22.1 Å². The Morgan fingerprint density at radius 1 is 1.03 bits per heavy atom. The molecule has 4 aromatic rings. The summed E-state index contributed by atoms with van der Waals surface area (Å²) in [4.78, 5) is 8.95. The van der Waals surface area contributed by atoms with Gasteiger partial charge in [-0.1, -0.05) is 41.4 Å². The quantitative estimate of drug-likeness (QED) is 0.465. The molecule has 0 saturated heterocycles. The first kappa shape index (κ1) is 19.2. The first-order chi connectivity index (χ1) is 13.8. The van der Waals surface area contributed by atoms with Crippen LogP contribution >= 0.6 is 11.6 Å². The molecule has 3 aromatic carbocycles. The number of hydrogen-bond donors (Lipinski definition) is 2. The number of fused-ring (bicyclic) bond motifs is 1. The predicted molar refractivity (Wildman–Crippen MR) is 116 cm³/mol. The Labute approximate surface area is 173 Å². The largest absolute Gasteiger partial charge is 0.399 e. The fourth-order valence-electron chi connectivity index (χ4n) is 3.02. The monoisotopic (exact) mass is 424 g/mol. The molecule has 0 spiro atoms. The van der Waals surface area contributed by atoms with E-state index < -0.39 is 10.0 Å². The number of nitrogens with one attached hydrogen (secondary N) is 1. The second kappa shape index (κ2) is 7.35. The van der Waals surface area contributed by atoms with Gasteiger partial charge in [-0.2, -0.15) is 0 Å². The number of benzene rings is 3. The lowest BCUT2D eigenvalue weighted by molar-refractivity contribution is 0.601. The van der Waals surface area contributed by atoms with Crippen molar-refractivity contribution >= 4 is 44.2 Å². The van der Waals surface area contributed by atoms with Gasteiger partial charge in [0.25, 0.3) is 10.0 Å². The maximum absolute atomic E-state index is 12.6. The molecular formula is C21H17ClN4O2S. The second-order valence-electron chi connectivity index (χ2n) is 6.62. The van der Waals surface area contributed by atoms with Crippen molar-refractivity contribution in [2.75, 3.05) is 10.5 Å². The molecule has 0 fully saturated rings. The molecule has 1 heterocycles. The fourth-order valence-corrected chi connectivity index (χ4v) is 4.21. The summed E-state index contributed by atoms with van der Waals surface area (Å²) < 4.78 is 27.6. The van der Waals surface area contributed by atoms with E-state index in [1.165, 1.54) is 30.5 Å². The zero-order chi connectivity index (χ0) is 20.6. The van der Waals surface area contributed by atoms with E-state index in [9.17, 15) is 8.42 Å². The van der Waals surface area contributed by atoms with Crippen molar-refractivity contribution in [3.8, 4) is 11.1 Å². The molecule has 0 radical (unpaired) electrons. The smallest absolute Gasteiger partial charge is 0.263 e. The highest BCUT2D eigenvalue weighted by atomic mass is 35.5. The molecule has 0 unspecified atom stereocenters. The van der Waals surface area contributed by atoms with Gasteiger partial charge in [0.2, 0.25) is 0 Å². The minimum absolute atomic E-state index is 0.0835. The van der Waals surface area contributed by atoms with Crippen LogP contribution in [0.5, 0.6) is 0 Å². The molecule has 0 saturated carbocycles. The third kappa shape index (κ3) is 4.01. The third-order valence-electron chi connectivity index (χ3n) is 4.37. The van der Waals surface area contributed by atoms with Crippen molar-refractivity contribution < 1.29 is 8.42 Å². The molecule has 0 aliphatic rings. The molecule has 8 heteroatoms. The van der Waals surface area contributed by atoms with E-state index in [0.717, 1.165) is 16.7 Å². The molecule has 146 valence electrons. The number of aromatic nitrogens is 2. The summed E-state index contributed by atoms with van der Waals surface area (Å²) in [7, 11) is -3.82. The lowest BCUT2D eigenvalue weighted by Crippen LogP contribution is -2.14. The summed E-state index contributed by atoms with van der Waals surface area (Å²) in [6, 6.07) is 17.4. The molecule has 0 amide bonds. The number of aryl methyl sites for hydroxylation is 1. The van der Waals surface area contributed by atoms with Crippen molar-refractivity contribution in [3.05, 3.63) is 77.4 Å². The molecule has 3 N–H and O–H groups in total. The van der Waals surface area contributed by atoms with Gasteiger partial charge in [-0.05, 0) is 48.9 Å². The maximum Gasteiger partial charge on any atom is 0.263 e. The van der Waals surface area contributed by atoms with Gasteiger partial charge < -0.3 is 5.73 Å². The van der Waals surface area contributed by atoms with Crippen LogP contribution in [0.2, 0.25) is 5.02 Å². The minimum atomic E-state index is -3.82. The summed E-state index contributed by atoms with van der Waals surface area (Å²) in [5, 5.41) is 0.488. The molecule has 6 nitrogen and oxygen atoms in total. The Morgan fingerprint density at radius 3 is 2.52 bits per heavy atom. The van der Waals surface area contributed by atoms with E-state index in [1.807, 2.05) is 37.3 Å². The molecule has 0 aliphatic heterocycles. The normalized spacial score (nSPS) is 11.5. The Hall–Kier alpha value is -3.16. The van der Waals surface area contributed by atoms with Gasteiger partial charge in [0, 0.05) is 16.3 Å². The molecule has 0 bridgehead atoms. The highest BCUT2D eigenvalue weighted by Gasteiger charge is 2.16. The third-order valence-corrected chi connectivity index (χ3v) is 5.96. The number of halogens is 1. The molecule has 0 atom stereocenters. The number of nitrogens with two attached hydrogens (primary N) is 1. The highest BCUT2D eigenvalue weighted by molar-refractivity contribution is 7.92. The fraction of sp³-hybridized carbons (Fsp3) is 0.0476. The van der Waals surface area contributed by atoms with Crippen molar-refractivity contribution in [2.45, 2.75) is 11.8 Å². The van der Waals surface area contributed by atoms with E-state index in [1.54, 1.807) is 6.07 Å². The predicted octanol–water partition coefficient (Wildman–Crippen LogP) is 4.64. The van der Waals surface area contributed by atoms with Crippen molar-refractivity contribution in [3.63, 3.8) is 0 Å². The van der Waals surface area contributed by atoms with E-state index in [4.69, 9.17) is 17.3 Å². The number of anilines is 2. The van der Waals surface area contributed by atoms with E-state index in [2.05, 4.69) is 14.7 Å². The van der Waals surface area contributed by atoms with Crippen LogP contribution in [0.15, 0.2) is 71.8 Å². The van der Waals surface area contributed by atoms with Gasteiger partial charge in [0.15, 0.2) is 5.82 Å². The lowest BCUT2D eigenvalue weighted by atomic mass is 10.0. The summed E-state index contributed by atoms with van der Waals surface area (Å²) in [5.41, 5.74) is 10.1. The minimum Gasteiger partial charge on any atom is -0.399 e. The first-order valence-electron chi connectivity index (χ1n) is 8.73. The van der Waals surface area contributed by atoms with Crippen molar-refractivity contribution in [1.29, 1.82) is 0 Å². The Bertz CT molecular complexity index is 1320. The van der Waals surface area contributed by atoms with Gasteiger partial charge in [-0.15, -0.1) is 0 Å². The summed E-state index contributed by atoms with van der Waals surface area (Å²) in [5.74, 6) is 0.104. The topological polar surface area (TPSA) is 98.0 Å². The van der Waals surface area contributed by atoms with Crippen molar-refractivity contribution in [2.24, 2.45) is 0 Å². The van der Waals surface area contributed by atoms with E-state index >= 15 is 0 Å². The van der Waals surface area contributed by atoms with Crippen LogP contribution in [0.3, 0.4) is 0 Å². The van der Waals surface area contributed by atoms with Crippen LogP contribution < -0.4 is 10.5 Å². The zero-order valence-corrected chi connectivity index (χ0v) is 17.0. The van der Waals surface area contributed by atoms with Gasteiger partial charge in [0.1, 0.15) is 0 Å². The number of rotatable bonds is 4. The van der Waals surface area contributed by atoms with E-state index in [0.29, 0.717) is 21.7 Å². The number of hydrogen-bond acceptors (Lipinski definition) is 5. The van der Waals surface area contributed by atoms with Gasteiger partial charge in [-0.3, -0.25) is 9.71 Å². The van der Waals surface area contributed by atoms with Crippen LogP contribution in [-0.2, 0) is 10.0 Å².